The highest BCUT2D eigenvalue weighted by Crippen LogP contribution is 2.23. The van der Waals surface area contributed by atoms with Gasteiger partial charge in [-0.3, -0.25) is 4.68 Å². The number of aliphatic carboxylic acids is 1. The Kier molecular flexibility index (Phi) is 8.18. The summed E-state index contributed by atoms with van der Waals surface area (Å²) in [7, 11) is -3.78. The van der Waals surface area contributed by atoms with Crippen molar-refractivity contribution in [2.24, 2.45) is 0 Å². The van der Waals surface area contributed by atoms with E-state index in [0.29, 0.717) is 5.69 Å². The number of aryl methyl sites for hydroxylation is 1. The van der Waals surface area contributed by atoms with Gasteiger partial charge in [-0.1, -0.05) is 6.42 Å². The van der Waals surface area contributed by atoms with E-state index in [4.69, 9.17) is 9.90 Å². The molecule has 2 aromatic rings. The zero-order valence-electron chi connectivity index (χ0n) is 17.7. The van der Waals surface area contributed by atoms with Crippen LogP contribution in [0.5, 0.6) is 0 Å². The number of carbonyl (C=O) groups is 1. The highest BCUT2D eigenvalue weighted by molar-refractivity contribution is 7.92. The second-order valence-electron chi connectivity index (χ2n) is 7.37. The van der Waals surface area contributed by atoms with Crippen LogP contribution in [-0.4, -0.2) is 52.0 Å². The van der Waals surface area contributed by atoms with E-state index < -0.39 is 22.2 Å². The maximum absolute atomic E-state index is 12.7. The van der Waals surface area contributed by atoms with Crippen LogP contribution in [0.1, 0.15) is 56.6 Å². The third kappa shape index (κ3) is 6.88. The summed E-state index contributed by atoms with van der Waals surface area (Å²) < 4.78 is 61.2. The quantitative estimate of drug-likeness (QED) is 0.596. The Morgan fingerprint density at radius 3 is 2.50 bits per heavy atom. The summed E-state index contributed by atoms with van der Waals surface area (Å²) in [4.78, 5) is 17.5. The molecule has 1 aliphatic rings. The summed E-state index contributed by atoms with van der Waals surface area (Å²) in [5.41, 5.74) is 1.26. The highest BCUT2D eigenvalue weighted by atomic mass is 32.2. The van der Waals surface area contributed by atoms with Gasteiger partial charge in [-0.05, 0) is 46.2 Å². The first kappa shape index (κ1) is 25.5. The van der Waals surface area contributed by atoms with Crippen LogP contribution < -0.4 is 10.0 Å². The van der Waals surface area contributed by atoms with E-state index in [9.17, 15) is 21.6 Å². The molecule has 1 saturated heterocycles. The highest BCUT2D eigenvalue weighted by Gasteiger charge is 2.38. The van der Waals surface area contributed by atoms with E-state index >= 15 is 0 Å². The van der Waals surface area contributed by atoms with Crippen molar-refractivity contribution in [1.82, 2.24) is 25.1 Å². The number of carboxylic acid groups (broad SMARTS) is 1. The molecule has 0 bridgehead atoms. The molecule has 3 N–H and O–H groups in total. The van der Waals surface area contributed by atoms with Gasteiger partial charge < -0.3 is 10.4 Å². The lowest BCUT2D eigenvalue weighted by molar-refractivity contribution is -0.192. The second kappa shape index (κ2) is 10.3. The Labute approximate surface area is 183 Å². The van der Waals surface area contributed by atoms with Crippen LogP contribution in [-0.2, 0) is 14.8 Å². The van der Waals surface area contributed by atoms with Gasteiger partial charge in [0.25, 0.3) is 10.0 Å². The van der Waals surface area contributed by atoms with E-state index in [1.54, 1.807) is 17.8 Å². The number of alkyl halides is 3. The maximum atomic E-state index is 12.7. The fourth-order valence-electron chi connectivity index (χ4n) is 2.89. The van der Waals surface area contributed by atoms with Crippen molar-refractivity contribution in [3.8, 4) is 0 Å². The van der Waals surface area contributed by atoms with Crippen LogP contribution in [0.4, 0.5) is 19.1 Å². The smallest absolute Gasteiger partial charge is 0.475 e. The van der Waals surface area contributed by atoms with Crippen LogP contribution in [0.3, 0.4) is 0 Å². The average molecular weight is 478 g/mol. The van der Waals surface area contributed by atoms with Crippen molar-refractivity contribution in [3.63, 3.8) is 0 Å². The van der Waals surface area contributed by atoms with Gasteiger partial charge in [-0.15, -0.1) is 0 Å². The average Bonchev–Trinajstić information content (AvgIpc) is 3.11. The first-order chi connectivity index (χ1) is 14.8. The van der Waals surface area contributed by atoms with Crippen molar-refractivity contribution in [2.75, 3.05) is 11.3 Å². The van der Waals surface area contributed by atoms with Crippen LogP contribution >= 0.6 is 0 Å². The lowest BCUT2D eigenvalue weighted by Crippen LogP contribution is -2.28. The first-order valence-corrected chi connectivity index (χ1v) is 11.2. The monoisotopic (exact) mass is 478 g/mol. The number of nitrogens with one attached hydrogen (secondary N) is 2. The Hall–Kier alpha value is -2.74. The zero-order chi connectivity index (χ0) is 24.1. The number of nitrogens with zero attached hydrogens (tertiary/aromatic N) is 4. The minimum atomic E-state index is -5.08. The summed E-state index contributed by atoms with van der Waals surface area (Å²) in [5, 5.41) is 14.8. The lowest BCUT2D eigenvalue weighted by atomic mass is 10.0. The number of anilines is 1. The summed E-state index contributed by atoms with van der Waals surface area (Å²) in [6, 6.07) is 2.05. The molecule has 0 aliphatic carbocycles. The van der Waals surface area contributed by atoms with Crippen molar-refractivity contribution in [1.29, 1.82) is 0 Å². The molecule has 0 aromatic carbocycles. The normalized spacial score (nSPS) is 16.9. The van der Waals surface area contributed by atoms with Crippen molar-refractivity contribution in [2.45, 2.75) is 63.2 Å². The van der Waals surface area contributed by atoms with Gasteiger partial charge in [0, 0.05) is 24.5 Å². The van der Waals surface area contributed by atoms with Crippen molar-refractivity contribution < 1.29 is 31.5 Å². The minimum Gasteiger partial charge on any atom is -0.475 e. The van der Waals surface area contributed by atoms with E-state index in [0.717, 1.165) is 31.5 Å². The third-order valence-electron chi connectivity index (χ3n) is 4.50. The van der Waals surface area contributed by atoms with Gasteiger partial charge in [-0.25, -0.2) is 27.9 Å². The van der Waals surface area contributed by atoms with Crippen molar-refractivity contribution >= 4 is 21.9 Å². The molecule has 3 heterocycles. The topological polar surface area (TPSA) is 139 Å². The summed E-state index contributed by atoms with van der Waals surface area (Å²) in [6.07, 6.45) is 1.32. The Balaban J connectivity index is 0.000000451. The van der Waals surface area contributed by atoms with E-state index in [-0.39, 0.29) is 22.9 Å². The molecule has 1 unspecified atom stereocenters. The Morgan fingerprint density at radius 2 is 2.00 bits per heavy atom. The lowest BCUT2D eigenvalue weighted by Gasteiger charge is -2.23. The molecule has 2 aromatic heterocycles. The number of sulfonamides is 1. The Bertz CT molecular complexity index is 1030. The first-order valence-electron chi connectivity index (χ1n) is 9.76. The predicted molar refractivity (Wildman–Crippen MR) is 108 cm³/mol. The molecule has 1 aliphatic heterocycles. The van der Waals surface area contributed by atoms with Gasteiger partial charge >= 0.3 is 12.1 Å². The molecular weight excluding hydrogens is 453 g/mol. The molecular formula is C18H25F3N6O4S. The fraction of sp³-hybridized carbons (Fsp3) is 0.556. The van der Waals surface area contributed by atoms with Crippen LogP contribution in [0, 0.1) is 6.92 Å². The molecule has 1 fully saturated rings. The number of halogens is 3. The predicted octanol–water partition coefficient (Wildman–Crippen LogP) is 2.81. The third-order valence-corrected chi connectivity index (χ3v) is 5.93. The number of piperidine rings is 1. The maximum Gasteiger partial charge on any atom is 0.490 e. The minimum absolute atomic E-state index is 0.0830. The second-order valence-corrected chi connectivity index (χ2v) is 9.02. The molecule has 10 nitrogen and oxygen atoms in total. The number of hydrogen-bond donors (Lipinski definition) is 3. The van der Waals surface area contributed by atoms with Crippen LogP contribution in [0.2, 0.25) is 0 Å². The van der Waals surface area contributed by atoms with Gasteiger partial charge in [0.15, 0.2) is 0 Å². The molecule has 178 valence electrons. The van der Waals surface area contributed by atoms with Crippen LogP contribution in [0.25, 0.3) is 0 Å². The Morgan fingerprint density at radius 1 is 1.34 bits per heavy atom. The van der Waals surface area contributed by atoms with E-state index in [1.165, 1.54) is 6.20 Å². The molecule has 0 spiro atoms. The van der Waals surface area contributed by atoms with Gasteiger partial charge in [-0.2, -0.15) is 18.3 Å². The molecule has 0 radical (unpaired) electrons. The molecule has 1 atom stereocenters. The number of hydrogen-bond acceptors (Lipinski definition) is 7. The molecule has 32 heavy (non-hydrogen) atoms. The number of carboxylic acids is 1. The molecule has 3 rings (SSSR count). The molecule has 14 heteroatoms. The van der Waals surface area contributed by atoms with Gasteiger partial charge in [0.05, 0.1) is 11.4 Å². The fourth-order valence-corrected chi connectivity index (χ4v) is 4.01. The summed E-state index contributed by atoms with van der Waals surface area (Å²) in [5.74, 6) is -2.67. The summed E-state index contributed by atoms with van der Waals surface area (Å²) >= 11 is 0. The van der Waals surface area contributed by atoms with E-state index in [2.05, 4.69) is 25.1 Å². The van der Waals surface area contributed by atoms with Crippen molar-refractivity contribution in [3.05, 3.63) is 29.8 Å². The van der Waals surface area contributed by atoms with E-state index in [1.807, 2.05) is 19.9 Å². The largest absolute Gasteiger partial charge is 0.490 e. The SMILES string of the molecule is Cc1nn(C(C)C)cc1S(=O)(=O)Nc1nccc(C2CCCCN2)n1.O=C(O)C(F)(F)F. The number of rotatable bonds is 5. The van der Waals surface area contributed by atoms with Gasteiger partial charge in [0.1, 0.15) is 4.90 Å². The molecule has 0 saturated carbocycles. The van der Waals surface area contributed by atoms with Crippen LogP contribution in [0.15, 0.2) is 23.4 Å². The van der Waals surface area contributed by atoms with Gasteiger partial charge in [0.2, 0.25) is 5.95 Å². The number of aromatic nitrogens is 4. The standard InChI is InChI=1S/C16H24N6O2S.C2HF3O2/c1-11(2)22-10-15(12(3)20-22)25(23,24)21-16-18-9-7-14(19-16)13-6-4-5-8-17-13;3-2(4,5)1(6)7/h7,9-11,13,17H,4-6,8H2,1-3H3,(H,18,19,21);(H,6,7). The summed E-state index contributed by atoms with van der Waals surface area (Å²) in [6.45, 7) is 6.51. The molecule has 0 amide bonds. The zero-order valence-corrected chi connectivity index (χ0v) is 18.5.